The highest BCUT2D eigenvalue weighted by Gasteiger charge is 2.07. The lowest BCUT2D eigenvalue weighted by atomic mass is 10.1. The van der Waals surface area contributed by atoms with Gasteiger partial charge in [-0.15, -0.1) is 13.2 Å². The third-order valence-corrected chi connectivity index (χ3v) is 4.89. The van der Waals surface area contributed by atoms with Gasteiger partial charge in [-0.1, -0.05) is 63.5 Å². The normalized spacial score (nSPS) is 10.5. The summed E-state index contributed by atoms with van der Waals surface area (Å²) in [5.74, 6) is -0.416. The molecule has 0 aliphatic heterocycles. The molecule has 0 unspecified atom stereocenters. The van der Waals surface area contributed by atoms with Gasteiger partial charge < -0.3 is 9.47 Å². The van der Waals surface area contributed by atoms with Crippen LogP contribution in [0.15, 0.2) is 25.3 Å². The molecule has 0 radical (unpaired) electrons. The first kappa shape index (κ1) is 27.4. The Balaban J connectivity index is 3.32. The molecule has 0 N–H and O–H groups in total. The summed E-state index contributed by atoms with van der Waals surface area (Å²) >= 11 is 0. The third kappa shape index (κ3) is 22.6. The van der Waals surface area contributed by atoms with E-state index in [-0.39, 0.29) is 11.9 Å². The second-order valence-electron chi connectivity index (χ2n) is 7.69. The summed E-state index contributed by atoms with van der Waals surface area (Å²) in [7, 11) is 0. The first-order valence-corrected chi connectivity index (χ1v) is 11.7. The van der Waals surface area contributed by atoms with E-state index >= 15 is 0 Å². The maximum absolute atomic E-state index is 11.7. The molecule has 29 heavy (non-hydrogen) atoms. The zero-order chi connectivity index (χ0) is 21.4. The number of unbranched alkanes of at least 4 members (excludes halogenated alkanes) is 12. The molecule has 0 amide bonds. The summed E-state index contributed by atoms with van der Waals surface area (Å²) in [5, 5.41) is 0. The monoisotopic (exact) mass is 408 g/mol. The third-order valence-electron chi connectivity index (χ3n) is 4.89. The fourth-order valence-corrected chi connectivity index (χ4v) is 3.09. The van der Waals surface area contributed by atoms with Crippen molar-refractivity contribution in [3.63, 3.8) is 0 Å². The van der Waals surface area contributed by atoms with Crippen molar-refractivity contribution in [2.45, 2.75) is 109 Å². The highest BCUT2D eigenvalue weighted by molar-refractivity contribution is 5.72. The standard InChI is InChI=1S/C25H44O4/c1-3-5-7-9-11-13-15-17-22-28-24(26)20-19-21-25(27)29-23-18-16-14-12-10-8-6-4-2/h3-4H,1-2,5-23H2. The second kappa shape index (κ2) is 22.7. The molecular weight excluding hydrogens is 364 g/mol. The van der Waals surface area contributed by atoms with Crippen LogP contribution in [0, 0.1) is 0 Å². The number of carbonyl (C=O) groups excluding carboxylic acids is 2. The summed E-state index contributed by atoms with van der Waals surface area (Å²) in [5.41, 5.74) is 0. The Morgan fingerprint density at radius 2 is 0.862 bits per heavy atom. The van der Waals surface area contributed by atoms with Crippen molar-refractivity contribution in [1.29, 1.82) is 0 Å². The molecule has 4 nitrogen and oxygen atoms in total. The van der Waals surface area contributed by atoms with Crippen molar-refractivity contribution in [1.82, 2.24) is 0 Å². The molecule has 0 rings (SSSR count). The van der Waals surface area contributed by atoms with Crippen LogP contribution in [0.25, 0.3) is 0 Å². The van der Waals surface area contributed by atoms with Crippen molar-refractivity contribution < 1.29 is 19.1 Å². The van der Waals surface area contributed by atoms with Gasteiger partial charge in [0.1, 0.15) is 0 Å². The van der Waals surface area contributed by atoms with Gasteiger partial charge >= 0.3 is 11.9 Å². The van der Waals surface area contributed by atoms with Gasteiger partial charge in [0.2, 0.25) is 0 Å². The van der Waals surface area contributed by atoms with Crippen LogP contribution in [0.2, 0.25) is 0 Å². The lowest BCUT2D eigenvalue weighted by Gasteiger charge is -2.06. The van der Waals surface area contributed by atoms with Crippen LogP contribution >= 0.6 is 0 Å². The molecule has 0 saturated heterocycles. The molecule has 0 spiro atoms. The molecule has 0 saturated carbocycles. The number of allylic oxidation sites excluding steroid dienone is 2. The van der Waals surface area contributed by atoms with Gasteiger partial charge in [-0.25, -0.2) is 0 Å². The summed E-state index contributed by atoms with van der Waals surface area (Å²) in [4.78, 5) is 23.3. The molecule has 4 heteroatoms. The minimum atomic E-state index is -0.208. The van der Waals surface area contributed by atoms with Gasteiger partial charge in [-0.3, -0.25) is 9.59 Å². The average Bonchev–Trinajstić information content (AvgIpc) is 2.71. The van der Waals surface area contributed by atoms with E-state index in [4.69, 9.17) is 9.47 Å². The Labute approximate surface area is 179 Å². The van der Waals surface area contributed by atoms with Crippen molar-refractivity contribution in [3.8, 4) is 0 Å². The van der Waals surface area contributed by atoms with Gasteiger partial charge in [0.05, 0.1) is 13.2 Å². The number of rotatable bonds is 22. The van der Waals surface area contributed by atoms with Crippen LogP contribution in [-0.4, -0.2) is 25.2 Å². The molecule has 0 fully saturated rings. The number of hydrogen-bond acceptors (Lipinski definition) is 4. The van der Waals surface area contributed by atoms with Crippen LogP contribution < -0.4 is 0 Å². The fraction of sp³-hybridized carbons (Fsp3) is 0.760. The Morgan fingerprint density at radius 1 is 0.517 bits per heavy atom. The fourth-order valence-electron chi connectivity index (χ4n) is 3.09. The number of esters is 2. The van der Waals surface area contributed by atoms with Crippen LogP contribution in [-0.2, 0) is 19.1 Å². The number of carbonyl (C=O) groups is 2. The van der Waals surface area contributed by atoms with E-state index in [1.54, 1.807) is 0 Å². The van der Waals surface area contributed by atoms with Crippen LogP contribution in [0.4, 0.5) is 0 Å². The van der Waals surface area contributed by atoms with Gasteiger partial charge in [-0.05, 0) is 44.9 Å². The molecule has 0 aromatic carbocycles. The maximum Gasteiger partial charge on any atom is 0.305 e. The maximum atomic E-state index is 11.7. The Bertz CT molecular complexity index is 379. The zero-order valence-corrected chi connectivity index (χ0v) is 18.6. The Hall–Kier alpha value is -1.58. The van der Waals surface area contributed by atoms with Crippen molar-refractivity contribution in [2.24, 2.45) is 0 Å². The predicted molar refractivity (Wildman–Crippen MR) is 121 cm³/mol. The van der Waals surface area contributed by atoms with Gasteiger partial charge in [-0.2, -0.15) is 0 Å². The molecule has 0 aliphatic carbocycles. The second-order valence-corrected chi connectivity index (χ2v) is 7.69. The van der Waals surface area contributed by atoms with E-state index in [2.05, 4.69) is 13.2 Å². The molecular formula is C25H44O4. The van der Waals surface area contributed by atoms with Gasteiger partial charge in [0.25, 0.3) is 0 Å². The lowest BCUT2D eigenvalue weighted by molar-refractivity contribution is -0.145. The molecule has 168 valence electrons. The minimum Gasteiger partial charge on any atom is -0.466 e. The minimum absolute atomic E-state index is 0.208. The topological polar surface area (TPSA) is 52.6 Å². The highest BCUT2D eigenvalue weighted by Crippen LogP contribution is 2.09. The van der Waals surface area contributed by atoms with Crippen LogP contribution in [0.3, 0.4) is 0 Å². The molecule has 0 bridgehead atoms. The van der Waals surface area contributed by atoms with E-state index in [9.17, 15) is 9.59 Å². The van der Waals surface area contributed by atoms with Crippen LogP contribution in [0.1, 0.15) is 109 Å². The van der Waals surface area contributed by atoms with Crippen molar-refractivity contribution >= 4 is 11.9 Å². The van der Waals surface area contributed by atoms with Gasteiger partial charge in [0, 0.05) is 12.8 Å². The predicted octanol–water partition coefficient (Wildman–Crippen LogP) is 7.08. The average molecular weight is 409 g/mol. The Morgan fingerprint density at radius 3 is 1.24 bits per heavy atom. The van der Waals surface area contributed by atoms with E-state index in [1.807, 2.05) is 12.2 Å². The highest BCUT2D eigenvalue weighted by atomic mass is 16.5. The molecule has 0 atom stereocenters. The SMILES string of the molecule is C=CCCCCCCCCOC(=O)CCCC(=O)OCCCCCCCCC=C. The lowest BCUT2D eigenvalue weighted by Crippen LogP contribution is -2.09. The Kier molecular flexibility index (Phi) is 21.5. The number of ether oxygens (including phenoxy) is 2. The van der Waals surface area contributed by atoms with E-state index < -0.39 is 0 Å². The summed E-state index contributed by atoms with van der Waals surface area (Å²) < 4.78 is 10.4. The zero-order valence-electron chi connectivity index (χ0n) is 18.6. The van der Waals surface area contributed by atoms with Gasteiger partial charge in [0.15, 0.2) is 0 Å². The number of hydrogen-bond donors (Lipinski definition) is 0. The molecule has 0 aliphatic rings. The smallest absolute Gasteiger partial charge is 0.305 e. The molecule has 0 aromatic heterocycles. The molecule has 0 aromatic rings. The van der Waals surface area contributed by atoms with Crippen LogP contribution in [0.5, 0.6) is 0 Å². The largest absolute Gasteiger partial charge is 0.466 e. The summed E-state index contributed by atoms with van der Waals surface area (Å²) in [6, 6.07) is 0. The van der Waals surface area contributed by atoms with E-state index in [1.165, 1.54) is 51.4 Å². The first-order valence-electron chi connectivity index (χ1n) is 11.7. The van der Waals surface area contributed by atoms with E-state index in [0.29, 0.717) is 32.5 Å². The quantitative estimate of drug-likeness (QED) is 0.109. The first-order chi connectivity index (χ1) is 14.2. The summed E-state index contributed by atoms with van der Waals surface area (Å²) in [6.45, 7) is 8.42. The van der Waals surface area contributed by atoms with E-state index in [0.717, 1.165) is 38.5 Å². The van der Waals surface area contributed by atoms with Crippen molar-refractivity contribution in [2.75, 3.05) is 13.2 Å². The van der Waals surface area contributed by atoms with Crippen molar-refractivity contribution in [3.05, 3.63) is 25.3 Å². The summed E-state index contributed by atoms with van der Waals surface area (Å²) in [6.07, 6.45) is 21.0. The molecule has 0 heterocycles.